The standard InChI is InChI=1S/C16H29N3S/c1-4-9-17-10-16-18-14(12-20-16)11-19(3)15-8-6-5-7-13(15)2/h12-13,15,17H,4-11H2,1-3H3. The van der Waals surface area contributed by atoms with E-state index in [1.807, 2.05) is 0 Å². The highest BCUT2D eigenvalue weighted by molar-refractivity contribution is 7.09. The van der Waals surface area contributed by atoms with E-state index in [-0.39, 0.29) is 0 Å². The van der Waals surface area contributed by atoms with Crippen LogP contribution in [0, 0.1) is 5.92 Å². The van der Waals surface area contributed by atoms with Crippen molar-refractivity contribution in [3.8, 4) is 0 Å². The van der Waals surface area contributed by atoms with Crippen LogP contribution in [0.5, 0.6) is 0 Å². The van der Waals surface area contributed by atoms with Gasteiger partial charge in [-0.2, -0.15) is 0 Å². The molecule has 1 saturated carbocycles. The molecule has 0 amide bonds. The van der Waals surface area contributed by atoms with Crippen molar-refractivity contribution < 1.29 is 0 Å². The van der Waals surface area contributed by atoms with E-state index in [0.29, 0.717) is 0 Å². The van der Waals surface area contributed by atoms with Gasteiger partial charge in [0.15, 0.2) is 0 Å². The lowest BCUT2D eigenvalue weighted by Gasteiger charge is -2.35. The molecule has 1 fully saturated rings. The van der Waals surface area contributed by atoms with Gasteiger partial charge in [0.25, 0.3) is 0 Å². The summed E-state index contributed by atoms with van der Waals surface area (Å²) in [5.74, 6) is 0.832. The molecule has 0 saturated heterocycles. The van der Waals surface area contributed by atoms with Crippen molar-refractivity contribution in [3.63, 3.8) is 0 Å². The molecule has 4 heteroatoms. The van der Waals surface area contributed by atoms with Crippen LogP contribution in [0.2, 0.25) is 0 Å². The largest absolute Gasteiger partial charge is 0.310 e. The van der Waals surface area contributed by atoms with Gasteiger partial charge in [-0.3, -0.25) is 4.90 Å². The molecule has 1 aromatic heterocycles. The molecule has 2 atom stereocenters. The van der Waals surface area contributed by atoms with Gasteiger partial charge < -0.3 is 5.32 Å². The highest BCUT2D eigenvalue weighted by Crippen LogP contribution is 2.28. The van der Waals surface area contributed by atoms with Gasteiger partial charge in [-0.15, -0.1) is 11.3 Å². The third-order valence-corrected chi connectivity index (χ3v) is 5.24. The van der Waals surface area contributed by atoms with Crippen molar-refractivity contribution in [1.29, 1.82) is 0 Å². The number of rotatable bonds is 7. The maximum Gasteiger partial charge on any atom is 0.107 e. The zero-order valence-corrected chi connectivity index (χ0v) is 14.0. The number of hydrogen-bond donors (Lipinski definition) is 1. The Balaban J connectivity index is 1.82. The SMILES string of the molecule is CCCNCc1nc(CN(C)C2CCCCC2C)cs1. The second-order valence-electron chi connectivity index (χ2n) is 6.15. The highest BCUT2D eigenvalue weighted by atomic mass is 32.1. The Hall–Kier alpha value is -0.450. The second-order valence-corrected chi connectivity index (χ2v) is 7.10. The van der Waals surface area contributed by atoms with Crippen LogP contribution in [-0.2, 0) is 13.1 Å². The van der Waals surface area contributed by atoms with Crippen LogP contribution in [0.25, 0.3) is 0 Å². The molecule has 2 rings (SSSR count). The van der Waals surface area contributed by atoms with Crippen LogP contribution in [-0.4, -0.2) is 29.5 Å². The highest BCUT2D eigenvalue weighted by Gasteiger charge is 2.25. The van der Waals surface area contributed by atoms with Gasteiger partial charge in [-0.05, 0) is 38.8 Å². The minimum absolute atomic E-state index is 0.743. The van der Waals surface area contributed by atoms with Crippen LogP contribution in [0.1, 0.15) is 56.7 Å². The van der Waals surface area contributed by atoms with E-state index in [9.17, 15) is 0 Å². The summed E-state index contributed by atoms with van der Waals surface area (Å²) in [5, 5.41) is 6.87. The van der Waals surface area contributed by atoms with E-state index in [0.717, 1.165) is 31.6 Å². The lowest BCUT2D eigenvalue weighted by molar-refractivity contribution is 0.132. The van der Waals surface area contributed by atoms with Crippen LogP contribution in [0.15, 0.2) is 5.38 Å². The predicted molar refractivity (Wildman–Crippen MR) is 87.0 cm³/mol. The van der Waals surface area contributed by atoms with E-state index in [4.69, 9.17) is 4.98 Å². The lowest BCUT2D eigenvalue weighted by atomic mass is 9.85. The molecule has 3 nitrogen and oxygen atoms in total. The van der Waals surface area contributed by atoms with Gasteiger partial charge in [0, 0.05) is 24.5 Å². The van der Waals surface area contributed by atoms with Gasteiger partial charge in [-0.1, -0.05) is 26.7 Å². The van der Waals surface area contributed by atoms with Crippen molar-refractivity contribution in [1.82, 2.24) is 15.2 Å². The molecule has 0 aliphatic heterocycles. The van der Waals surface area contributed by atoms with Gasteiger partial charge in [0.1, 0.15) is 5.01 Å². The van der Waals surface area contributed by atoms with Crippen molar-refractivity contribution in [3.05, 3.63) is 16.1 Å². The minimum Gasteiger partial charge on any atom is -0.310 e. The topological polar surface area (TPSA) is 28.2 Å². The van der Waals surface area contributed by atoms with Crippen LogP contribution in [0.4, 0.5) is 0 Å². The van der Waals surface area contributed by atoms with Crippen molar-refractivity contribution in [2.24, 2.45) is 5.92 Å². The zero-order valence-electron chi connectivity index (χ0n) is 13.2. The van der Waals surface area contributed by atoms with Gasteiger partial charge in [-0.25, -0.2) is 4.98 Å². The fourth-order valence-electron chi connectivity index (χ4n) is 3.20. The summed E-state index contributed by atoms with van der Waals surface area (Å²) in [6.07, 6.45) is 6.73. The Morgan fingerprint density at radius 1 is 1.40 bits per heavy atom. The smallest absolute Gasteiger partial charge is 0.107 e. The minimum atomic E-state index is 0.743. The molecular weight excluding hydrogens is 266 g/mol. The number of nitrogens with zero attached hydrogens (tertiary/aromatic N) is 2. The quantitative estimate of drug-likeness (QED) is 0.778. The molecule has 1 aliphatic rings. The van der Waals surface area contributed by atoms with E-state index in [1.165, 1.54) is 42.8 Å². The van der Waals surface area contributed by atoms with Crippen molar-refractivity contribution in [2.45, 2.75) is 65.1 Å². The fourth-order valence-corrected chi connectivity index (χ4v) is 3.95. The van der Waals surface area contributed by atoms with Gasteiger partial charge in [0.2, 0.25) is 0 Å². The molecule has 1 N–H and O–H groups in total. The lowest BCUT2D eigenvalue weighted by Crippen LogP contribution is -2.38. The summed E-state index contributed by atoms with van der Waals surface area (Å²) in [6.45, 7) is 7.60. The van der Waals surface area contributed by atoms with E-state index in [2.05, 4.69) is 36.5 Å². The summed E-state index contributed by atoms with van der Waals surface area (Å²) in [7, 11) is 2.26. The average Bonchev–Trinajstić information content (AvgIpc) is 2.87. The van der Waals surface area contributed by atoms with Gasteiger partial charge >= 0.3 is 0 Å². The Morgan fingerprint density at radius 2 is 2.20 bits per heavy atom. The summed E-state index contributed by atoms with van der Waals surface area (Å²) >= 11 is 1.79. The monoisotopic (exact) mass is 295 g/mol. The van der Waals surface area contributed by atoms with E-state index in [1.54, 1.807) is 11.3 Å². The summed E-state index contributed by atoms with van der Waals surface area (Å²) in [5.41, 5.74) is 1.24. The second kappa shape index (κ2) is 8.11. The molecule has 0 radical (unpaired) electrons. The maximum atomic E-state index is 4.76. The van der Waals surface area contributed by atoms with E-state index < -0.39 is 0 Å². The maximum absolute atomic E-state index is 4.76. The molecule has 0 aromatic carbocycles. The molecule has 2 unspecified atom stereocenters. The molecule has 1 heterocycles. The number of thiazole rings is 1. The molecule has 20 heavy (non-hydrogen) atoms. The molecule has 0 spiro atoms. The van der Waals surface area contributed by atoms with Crippen molar-refractivity contribution in [2.75, 3.05) is 13.6 Å². The van der Waals surface area contributed by atoms with Crippen LogP contribution >= 0.6 is 11.3 Å². The Labute approximate surface area is 127 Å². The first-order chi connectivity index (χ1) is 9.70. The summed E-state index contributed by atoms with van der Waals surface area (Å²) in [4.78, 5) is 7.27. The molecule has 1 aliphatic carbocycles. The third-order valence-electron chi connectivity index (χ3n) is 4.35. The molecule has 0 bridgehead atoms. The molecular formula is C16H29N3S. The first-order valence-corrected chi connectivity index (χ1v) is 8.93. The number of aromatic nitrogens is 1. The number of hydrogen-bond acceptors (Lipinski definition) is 4. The number of nitrogens with one attached hydrogen (secondary N) is 1. The third kappa shape index (κ3) is 4.54. The molecule has 1 aromatic rings. The van der Waals surface area contributed by atoms with Crippen molar-refractivity contribution >= 4 is 11.3 Å². The predicted octanol–water partition coefficient (Wildman–Crippen LogP) is 3.65. The normalized spacial score (nSPS) is 23.4. The first-order valence-electron chi connectivity index (χ1n) is 8.05. The molecule has 114 valence electrons. The average molecular weight is 295 g/mol. The zero-order chi connectivity index (χ0) is 14.4. The first kappa shape index (κ1) is 15.9. The van der Waals surface area contributed by atoms with Crippen LogP contribution in [0.3, 0.4) is 0 Å². The summed E-state index contributed by atoms with van der Waals surface area (Å²) in [6, 6.07) is 0.743. The van der Waals surface area contributed by atoms with Crippen LogP contribution < -0.4 is 5.32 Å². The Morgan fingerprint density at radius 3 is 2.95 bits per heavy atom. The van der Waals surface area contributed by atoms with Gasteiger partial charge in [0.05, 0.1) is 5.69 Å². The fraction of sp³-hybridized carbons (Fsp3) is 0.812. The summed E-state index contributed by atoms with van der Waals surface area (Å²) < 4.78 is 0. The van der Waals surface area contributed by atoms with E-state index >= 15 is 0 Å². The Kier molecular flexibility index (Phi) is 6.46. The Bertz CT molecular complexity index is 391.